The summed E-state index contributed by atoms with van der Waals surface area (Å²) >= 11 is 0. The van der Waals surface area contributed by atoms with Crippen molar-refractivity contribution in [2.75, 3.05) is 13.7 Å². The first-order valence-corrected chi connectivity index (χ1v) is 12.1. The molecule has 0 saturated heterocycles. The lowest BCUT2D eigenvalue weighted by atomic mass is 9.92. The molecule has 7 nitrogen and oxygen atoms in total. The number of benzene rings is 2. The summed E-state index contributed by atoms with van der Waals surface area (Å²) in [6.07, 6.45) is 4.09. The molecule has 0 bridgehead atoms. The highest BCUT2D eigenvalue weighted by atomic mass is 31.2. The van der Waals surface area contributed by atoms with Crippen LogP contribution in [0.2, 0.25) is 0 Å². The van der Waals surface area contributed by atoms with E-state index in [1.54, 1.807) is 7.11 Å². The zero-order valence-corrected chi connectivity index (χ0v) is 19.0. The Morgan fingerprint density at radius 2 is 1.90 bits per heavy atom. The van der Waals surface area contributed by atoms with Crippen LogP contribution < -0.4 is 15.2 Å². The SMILES string of the molecule is COc1cccc(O[C@H](C)CCc2ccc([C@@H]3CC[C@](N)(COP(=O)(O)O)C3)cc2)c1. The Balaban J connectivity index is 1.48. The summed E-state index contributed by atoms with van der Waals surface area (Å²) in [6, 6.07) is 16.1. The summed E-state index contributed by atoms with van der Waals surface area (Å²) in [7, 11) is -2.86. The fourth-order valence-electron chi connectivity index (χ4n) is 4.08. The Hall–Kier alpha value is -1.89. The van der Waals surface area contributed by atoms with Crippen LogP contribution in [0.3, 0.4) is 0 Å². The maximum Gasteiger partial charge on any atom is 0.469 e. The van der Waals surface area contributed by atoms with Gasteiger partial charge in [0.05, 0.1) is 19.8 Å². The number of phosphoric acid groups is 1. The number of methoxy groups -OCH3 is 1. The third-order valence-electron chi connectivity index (χ3n) is 5.83. The number of hydrogen-bond donors (Lipinski definition) is 3. The summed E-state index contributed by atoms with van der Waals surface area (Å²) < 4.78 is 26.8. The van der Waals surface area contributed by atoms with E-state index in [1.165, 1.54) is 11.1 Å². The smallest absolute Gasteiger partial charge is 0.469 e. The predicted octanol–water partition coefficient (Wildman–Crippen LogP) is 4.17. The first-order valence-electron chi connectivity index (χ1n) is 10.5. The molecule has 3 atom stereocenters. The number of rotatable bonds is 10. The van der Waals surface area contributed by atoms with Gasteiger partial charge in [-0.2, -0.15) is 0 Å². The van der Waals surface area contributed by atoms with Gasteiger partial charge in [-0.3, -0.25) is 4.52 Å². The molecule has 4 N–H and O–H groups in total. The standard InChI is InChI=1S/C23H32NO6P/c1-17(30-22-5-3-4-21(14-22)28-2)6-7-18-8-10-19(11-9-18)20-12-13-23(24,15-20)16-29-31(25,26)27/h3-5,8-11,14,17,20H,6-7,12-13,15-16,24H2,1-2H3,(H2,25,26,27)/t17-,20-,23-/m1/s1. The molecular formula is C23H32NO6P. The van der Waals surface area contributed by atoms with E-state index in [9.17, 15) is 4.57 Å². The van der Waals surface area contributed by atoms with Gasteiger partial charge >= 0.3 is 7.82 Å². The minimum Gasteiger partial charge on any atom is -0.497 e. The highest BCUT2D eigenvalue weighted by Crippen LogP contribution is 2.43. The van der Waals surface area contributed by atoms with Crippen LogP contribution in [0.25, 0.3) is 0 Å². The van der Waals surface area contributed by atoms with Crippen molar-refractivity contribution in [2.24, 2.45) is 5.73 Å². The molecular weight excluding hydrogens is 417 g/mol. The monoisotopic (exact) mass is 449 g/mol. The minimum atomic E-state index is -4.50. The van der Waals surface area contributed by atoms with E-state index in [0.29, 0.717) is 12.8 Å². The van der Waals surface area contributed by atoms with Crippen LogP contribution in [-0.4, -0.2) is 35.1 Å². The van der Waals surface area contributed by atoms with Gasteiger partial charge in [0.15, 0.2) is 0 Å². The van der Waals surface area contributed by atoms with Gasteiger partial charge in [0, 0.05) is 11.6 Å². The van der Waals surface area contributed by atoms with Crippen LogP contribution in [-0.2, 0) is 15.5 Å². The van der Waals surface area contributed by atoms with Crippen molar-refractivity contribution in [1.82, 2.24) is 0 Å². The van der Waals surface area contributed by atoms with Crippen LogP contribution in [0.15, 0.2) is 48.5 Å². The minimum absolute atomic E-state index is 0.0773. The Morgan fingerprint density at radius 3 is 2.58 bits per heavy atom. The van der Waals surface area contributed by atoms with Crippen LogP contribution >= 0.6 is 7.82 Å². The van der Waals surface area contributed by atoms with E-state index < -0.39 is 13.4 Å². The van der Waals surface area contributed by atoms with E-state index in [-0.39, 0.29) is 18.6 Å². The molecule has 0 spiro atoms. The van der Waals surface area contributed by atoms with Crippen molar-refractivity contribution in [3.63, 3.8) is 0 Å². The quantitative estimate of drug-likeness (QED) is 0.467. The predicted molar refractivity (Wildman–Crippen MR) is 119 cm³/mol. The number of nitrogens with two attached hydrogens (primary N) is 1. The zero-order chi connectivity index (χ0) is 22.5. The number of ether oxygens (including phenoxy) is 2. The van der Waals surface area contributed by atoms with Crippen LogP contribution in [0.4, 0.5) is 0 Å². The molecule has 3 rings (SSSR count). The van der Waals surface area contributed by atoms with E-state index >= 15 is 0 Å². The number of aryl methyl sites for hydroxylation is 1. The van der Waals surface area contributed by atoms with Crippen molar-refractivity contribution in [1.29, 1.82) is 0 Å². The highest BCUT2D eigenvalue weighted by Gasteiger charge is 2.38. The number of phosphoric ester groups is 1. The van der Waals surface area contributed by atoms with Gasteiger partial charge < -0.3 is 25.0 Å². The second-order valence-electron chi connectivity index (χ2n) is 8.45. The molecule has 0 radical (unpaired) electrons. The normalized spacial score (nSPS) is 22.3. The summed E-state index contributed by atoms with van der Waals surface area (Å²) in [5.74, 6) is 1.85. The van der Waals surface area contributed by atoms with Gasteiger partial charge in [-0.25, -0.2) is 4.57 Å². The van der Waals surface area contributed by atoms with Gasteiger partial charge in [0.2, 0.25) is 0 Å². The fraction of sp³-hybridized carbons (Fsp3) is 0.478. The van der Waals surface area contributed by atoms with Gasteiger partial charge in [-0.05, 0) is 68.2 Å². The lowest BCUT2D eigenvalue weighted by Gasteiger charge is -2.24. The van der Waals surface area contributed by atoms with Crippen molar-refractivity contribution >= 4 is 7.82 Å². The second kappa shape index (κ2) is 10.2. The lowest BCUT2D eigenvalue weighted by Crippen LogP contribution is -2.41. The molecule has 1 aliphatic carbocycles. The molecule has 31 heavy (non-hydrogen) atoms. The van der Waals surface area contributed by atoms with Crippen molar-refractivity contribution in [3.05, 3.63) is 59.7 Å². The Kier molecular flexibility index (Phi) is 7.78. The Bertz CT molecular complexity index is 899. The largest absolute Gasteiger partial charge is 0.497 e. The van der Waals surface area contributed by atoms with Gasteiger partial charge in [-0.15, -0.1) is 0 Å². The summed E-state index contributed by atoms with van der Waals surface area (Å²) in [5.41, 5.74) is 8.04. The van der Waals surface area contributed by atoms with E-state index in [2.05, 4.69) is 35.7 Å². The van der Waals surface area contributed by atoms with E-state index in [4.69, 9.17) is 25.0 Å². The molecule has 8 heteroatoms. The molecule has 2 aromatic carbocycles. The molecule has 1 aliphatic rings. The van der Waals surface area contributed by atoms with Gasteiger partial charge in [-0.1, -0.05) is 30.3 Å². The summed E-state index contributed by atoms with van der Waals surface area (Å²) in [4.78, 5) is 17.8. The molecule has 0 aliphatic heterocycles. The Morgan fingerprint density at radius 1 is 1.19 bits per heavy atom. The van der Waals surface area contributed by atoms with Gasteiger partial charge in [0.1, 0.15) is 11.5 Å². The second-order valence-corrected chi connectivity index (χ2v) is 9.69. The summed E-state index contributed by atoms with van der Waals surface area (Å²) in [5, 5.41) is 0. The molecule has 2 aromatic rings. The summed E-state index contributed by atoms with van der Waals surface area (Å²) in [6.45, 7) is 1.93. The first kappa shape index (κ1) is 23.8. The molecule has 0 heterocycles. The molecule has 1 fully saturated rings. The zero-order valence-electron chi connectivity index (χ0n) is 18.1. The van der Waals surface area contributed by atoms with E-state index in [1.807, 2.05) is 24.3 Å². The fourth-order valence-corrected chi connectivity index (χ4v) is 4.50. The molecule has 0 aromatic heterocycles. The maximum absolute atomic E-state index is 11.0. The van der Waals surface area contributed by atoms with E-state index in [0.717, 1.165) is 30.8 Å². The third kappa shape index (κ3) is 7.34. The third-order valence-corrected chi connectivity index (χ3v) is 6.30. The van der Waals surface area contributed by atoms with Crippen molar-refractivity contribution in [3.8, 4) is 11.5 Å². The maximum atomic E-state index is 11.0. The van der Waals surface area contributed by atoms with Crippen LogP contribution in [0.1, 0.15) is 49.7 Å². The number of hydrogen-bond acceptors (Lipinski definition) is 5. The topological polar surface area (TPSA) is 111 Å². The highest BCUT2D eigenvalue weighted by molar-refractivity contribution is 7.46. The van der Waals surface area contributed by atoms with Crippen molar-refractivity contribution in [2.45, 2.75) is 56.6 Å². The van der Waals surface area contributed by atoms with Gasteiger partial charge in [0.25, 0.3) is 0 Å². The van der Waals surface area contributed by atoms with Crippen LogP contribution in [0.5, 0.6) is 11.5 Å². The molecule has 170 valence electrons. The lowest BCUT2D eigenvalue weighted by molar-refractivity contribution is 0.153. The Labute approximate surface area is 183 Å². The average Bonchev–Trinajstić information content (AvgIpc) is 3.13. The molecule has 0 amide bonds. The average molecular weight is 449 g/mol. The molecule has 0 unspecified atom stereocenters. The first-order chi connectivity index (χ1) is 14.7. The molecule has 1 saturated carbocycles. The van der Waals surface area contributed by atoms with Crippen LogP contribution in [0, 0.1) is 0 Å². The van der Waals surface area contributed by atoms with Crippen molar-refractivity contribution < 1.29 is 28.3 Å².